The number of hydrogen-bond donors (Lipinski definition) is 1. The first-order chi connectivity index (χ1) is 8.11. The minimum atomic E-state index is 0.232. The molecule has 4 heteroatoms. The summed E-state index contributed by atoms with van der Waals surface area (Å²) in [6.07, 6.45) is 5.09. The Morgan fingerprint density at radius 2 is 2.24 bits per heavy atom. The van der Waals surface area contributed by atoms with Gasteiger partial charge in [0.15, 0.2) is 0 Å². The van der Waals surface area contributed by atoms with Crippen LogP contribution >= 0.6 is 0 Å². The Balaban J connectivity index is 1.91. The van der Waals surface area contributed by atoms with Gasteiger partial charge in [-0.05, 0) is 26.3 Å². The molecule has 0 spiro atoms. The molecule has 17 heavy (non-hydrogen) atoms. The normalized spacial score (nSPS) is 25.0. The topological polar surface area (TPSA) is 33.1 Å². The van der Waals surface area contributed by atoms with E-state index < -0.39 is 0 Å². The van der Waals surface area contributed by atoms with Crippen molar-refractivity contribution in [3.05, 3.63) is 18.5 Å². The van der Waals surface area contributed by atoms with Crippen LogP contribution in [0.4, 0.5) is 0 Å². The molecule has 96 valence electrons. The minimum Gasteiger partial charge on any atom is -0.309 e. The van der Waals surface area contributed by atoms with E-state index >= 15 is 0 Å². The fraction of sp³-hybridized carbons (Fsp3) is 0.769. The predicted octanol–water partition coefficient (Wildman–Crippen LogP) is 1.35. The molecule has 1 N–H and O–H groups in total. The second kappa shape index (κ2) is 5.19. The van der Waals surface area contributed by atoms with Crippen molar-refractivity contribution < 1.29 is 0 Å². The van der Waals surface area contributed by atoms with Crippen molar-refractivity contribution >= 4 is 0 Å². The third kappa shape index (κ3) is 3.30. The van der Waals surface area contributed by atoms with E-state index in [1.807, 2.05) is 23.1 Å². The van der Waals surface area contributed by atoms with Crippen LogP contribution in [0.5, 0.6) is 0 Å². The summed E-state index contributed by atoms with van der Waals surface area (Å²) in [7, 11) is 0. The summed E-state index contributed by atoms with van der Waals surface area (Å²) < 4.78 is 2.02. The third-order valence-corrected chi connectivity index (χ3v) is 3.58. The van der Waals surface area contributed by atoms with Crippen molar-refractivity contribution in [1.29, 1.82) is 0 Å². The summed E-state index contributed by atoms with van der Waals surface area (Å²) in [5.41, 5.74) is 0.232. The third-order valence-electron chi connectivity index (χ3n) is 3.58. The van der Waals surface area contributed by atoms with Crippen molar-refractivity contribution in [3.8, 4) is 0 Å². The molecule has 0 radical (unpaired) electrons. The van der Waals surface area contributed by atoms with Crippen LogP contribution < -0.4 is 5.32 Å². The summed E-state index contributed by atoms with van der Waals surface area (Å²) in [4.78, 5) is 2.60. The van der Waals surface area contributed by atoms with Gasteiger partial charge in [0.05, 0.1) is 6.54 Å². The molecule has 1 unspecified atom stereocenters. The van der Waals surface area contributed by atoms with Crippen LogP contribution in [-0.4, -0.2) is 45.9 Å². The van der Waals surface area contributed by atoms with E-state index in [-0.39, 0.29) is 5.54 Å². The highest BCUT2D eigenvalue weighted by Gasteiger charge is 2.31. The highest BCUT2D eigenvalue weighted by atomic mass is 15.3. The van der Waals surface area contributed by atoms with Crippen LogP contribution in [-0.2, 0) is 6.54 Å². The van der Waals surface area contributed by atoms with Crippen molar-refractivity contribution in [2.45, 2.75) is 45.3 Å². The molecular weight excluding hydrogens is 212 g/mol. The van der Waals surface area contributed by atoms with Gasteiger partial charge in [-0.1, -0.05) is 6.92 Å². The molecule has 1 aliphatic rings. The number of piperazine rings is 1. The number of aromatic nitrogens is 2. The number of hydrogen-bond acceptors (Lipinski definition) is 3. The SMILES string of the molecule is CCC1CNC(C)(C)CN1CCn1cccn1. The van der Waals surface area contributed by atoms with Crippen LogP contribution in [0.2, 0.25) is 0 Å². The maximum Gasteiger partial charge on any atom is 0.0536 e. The zero-order chi connectivity index (χ0) is 12.3. The summed E-state index contributed by atoms with van der Waals surface area (Å²) >= 11 is 0. The molecule has 0 aliphatic carbocycles. The standard InChI is InChI=1S/C13H24N4/c1-4-12-10-14-13(2,3)11-16(12)8-9-17-7-5-6-15-17/h5-7,12,14H,4,8-11H2,1-3H3. The lowest BCUT2D eigenvalue weighted by Crippen LogP contribution is -2.61. The molecule has 1 atom stereocenters. The smallest absolute Gasteiger partial charge is 0.0536 e. The summed E-state index contributed by atoms with van der Waals surface area (Å²) in [5.74, 6) is 0. The van der Waals surface area contributed by atoms with Crippen LogP contribution in [0.1, 0.15) is 27.2 Å². The first-order valence-corrected chi connectivity index (χ1v) is 6.57. The van der Waals surface area contributed by atoms with Crippen LogP contribution in [0.15, 0.2) is 18.5 Å². The van der Waals surface area contributed by atoms with Crippen molar-refractivity contribution in [3.63, 3.8) is 0 Å². The molecule has 0 amide bonds. The van der Waals surface area contributed by atoms with E-state index in [1.54, 1.807) is 0 Å². The van der Waals surface area contributed by atoms with Gasteiger partial charge in [-0.15, -0.1) is 0 Å². The maximum atomic E-state index is 4.26. The minimum absolute atomic E-state index is 0.232. The second-order valence-corrected chi connectivity index (χ2v) is 5.57. The Morgan fingerprint density at radius 1 is 1.41 bits per heavy atom. The molecule has 2 heterocycles. The molecule has 1 aliphatic heterocycles. The molecule has 1 saturated heterocycles. The fourth-order valence-corrected chi connectivity index (χ4v) is 2.54. The first-order valence-electron chi connectivity index (χ1n) is 6.57. The van der Waals surface area contributed by atoms with Gasteiger partial charge in [0.25, 0.3) is 0 Å². The monoisotopic (exact) mass is 236 g/mol. The quantitative estimate of drug-likeness (QED) is 0.856. The Labute approximate surface area is 104 Å². The van der Waals surface area contributed by atoms with E-state index in [0.717, 1.165) is 26.2 Å². The van der Waals surface area contributed by atoms with E-state index in [2.05, 4.69) is 36.1 Å². The molecule has 0 bridgehead atoms. The van der Waals surface area contributed by atoms with Crippen molar-refractivity contribution in [2.24, 2.45) is 0 Å². The lowest BCUT2D eigenvalue weighted by atomic mass is 9.97. The summed E-state index contributed by atoms with van der Waals surface area (Å²) in [6.45, 7) is 11.1. The number of nitrogens with zero attached hydrogens (tertiary/aromatic N) is 3. The zero-order valence-corrected chi connectivity index (χ0v) is 11.2. The molecule has 2 rings (SSSR count). The average Bonchev–Trinajstić information content (AvgIpc) is 2.78. The van der Waals surface area contributed by atoms with Crippen molar-refractivity contribution in [1.82, 2.24) is 20.0 Å². The molecule has 1 aromatic heterocycles. The van der Waals surface area contributed by atoms with Crippen LogP contribution in [0, 0.1) is 0 Å². The predicted molar refractivity (Wildman–Crippen MR) is 70.0 cm³/mol. The Morgan fingerprint density at radius 3 is 2.88 bits per heavy atom. The molecule has 0 aromatic carbocycles. The Bertz CT molecular complexity index is 331. The Kier molecular flexibility index (Phi) is 3.84. The lowest BCUT2D eigenvalue weighted by Gasteiger charge is -2.44. The molecular formula is C13H24N4. The van der Waals surface area contributed by atoms with Gasteiger partial charge < -0.3 is 5.32 Å². The van der Waals surface area contributed by atoms with Crippen LogP contribution in [0.3, 0.4) is 0 Å². The van der Waals surface area contributed by atoms with E-state index in [9.17, 15) is 0 Å². The molecule has 1 fully saturated rings. The van der Waals surface area contributed by atoms with Gasteiger partial charge in [0.1, 0.15) is 0 Å². The highest BCUT2D eigenvalue weighted by molar-refractivity contribution is 4.91. The van der Waals surface area contributed by atoms with Crippen molar-refractivity contribution in [2.75, 3.05) is 19.6 Å². The Hall–Kier alpha value is -0.870. The zero-order valence-electron chi connectivity index (χ0n) is 11.2. The van der Waals surface area contributed by atoms with Gasteiger partial charge in [0, 0.05) is 43.6 Å². The average molecular weight is 236 g/mol. The maximum absolute atomic E-state index is 4.26. The molecule has 1 aromatic rings. The van der Waals surface area contributed by atoms with E-state index in [1.165, 1.54) is 6.42 Å². The summed E-state index contributed by atoms with van der Waals surface area (Å²) in [6, 6.07) is 2.65. The molecule has 0 saturated carbocycles. The van der Waals surface area contributed by atoms with Crippen LogP contribution in [0.25, 0.3) is 0 Å². The van der Waals surface area contributed by atoms with Gasteiger partial charge in [0.2, 0.25) is 0 Å². The van der Waals surface area contributed by atoms with E-state index in [4.69, 9.17) is 0 Å². The lowest BCUT2D eigenvalue weighted by molar-refractivity contribution is 0.0882. The first kappa shape index (κ1) is 12.6. The fourth-order valence-electron chi connectivity index (χ4n) is 2.54. The van der Waals surface area contributed by atoms with E-state index in [0.29, 0.717) is 6.04 Å². The highest BCUT2D eigenvalue weighted by Crippen LogP contribution is 2.16. The second-order valence-electron chi connectivity index (χ2n) is 5.57. The number of nitrogens with one attached hydrogen (secondary N) is 1. The van der Waals surface area contributed by atoms with Gasteiger partial charge in [-0.3, -0.25) is 9.58 Å². The van der Waals surface area contributed by atoms with Gasteiger partial charge in [-0.2, -0.15) is 5.10 Å². The molecule has 4 nitrogen and oxygen atoms in total. The summed E-state index contributed by atoms with van der Waals surface area (Å²) in [5, 5.41) is 7.88. The largest absolute Gasteiger partial charge is 0.309 e. The number of rotatable bonds is 4. The van der Waals surface area contributed by atoms with Gasteiger partial charge in [-0.25, -0.2) is 0 Å². The van der Waals surface area contributed by atoms with Gasteiger partial charge >= 0.3 is 0 Å².